The average Bonchev–Trinajstić information content (AvgIpc) is 3.04. The van der Waals surface area contributed by atoms with Crippen LogP contribution in [-0.4, -0.2) is 35.5 Å². The van der Waals surface area contributed by atoms with Crippen LogP contribution in [0, 0.1) is 12.8 Å². The molecule has 5 nitrogen and oxygen atoms in total. The second kappa shape index (κ2) is 8.16. The summed E-state index contributed by atoms with van der Waals surface area (Å²) in [5.74, 6) is 0.311. The van der Waals surface area contributed by atoms with Crippen molar-refractivity contribution >= 4 is 28.2 Å². The molecular weight excluding hydrogens is 377 g/mol. The van der Waals surface area contributed by atoms with E-state index >= 15 is 0 Å². The van der Waals surface area contributed by atoms with E-state index in [0.29, 0.717) is 36.4 Å². The Bertz CT molecular complexity index is 785. The van der Waals surface area contributed by atoms with Gasteiger partial charge in [0.15, 0.2) is 5.13 Å². The molecule has 2 N–H and O–H groups in total. The van der Waals surface area contributed by atoms with Crippen molar-refractivity contribution in [3.05, 3.63) is 40.9 Å². The monoisotopic (exact) mass is 398 g/mol. The van der Waals surface area contributed by atoms with E-state index in [1.165, 1.54) is 17.4 Å². The molecule has 2 heterocycles. The minimum atomic E-state index is -4.34. The highest BCUT2D eigenvalue weighted by Gasteiger charge is 2.30. The Balaban J connectivity index is 1.45. The van der Waals surface area contributed by atoms with E-state index in [1.54, 1.807) is 11.0 Å². The maximum Gasteiger partial charge on any atom is 0.416 e. The van der Waals surface area contributed by atoms with E-state index in [-0.39, 0.29) is 6.03 Å². The maximum absolute atomic E-state index is 12.8. The lowest BCUT2D eigenvalue weighted by molar-refractivity contribution is -0.137. The average molecular weight is 398 g/mol. The summed E-state index contributed by atoms with van der Waals surface area (Å²) in [4.78, 5) is 18.2. The van der Waals surface area contributed by atoms with Crippen LogP contribution >= 0.6 is 11.3 Å². The van der Waals surface area contributed by atoms with Crippen LogP contribution in [0.4, 0.5) is 28.8 Å². The molecule has 2 aromatic rings. The number of piperidine rings is 1. The third kappa shape index (κ3) is 5.35. The zero-order chi connectivity index (χ0) is 19.4. The topological polar surface area (TPSA) is 57.3 Å². The fourth-order valence-corrected chi connectivity index (χ4v) is 3.67. The number of aryl methyl sites for hydroxylation is 1. The fraction of sp³-hybridized carbons (Fsp3) is 0.444. The Morgan fingerprint density at radius 1 is 1.33 bits per heavy atom. The van der Waals surface area contributed by atoms with Crippen molar-refractivity contribution in [2.45, 2.75) is 25.9 Å². The molecule has 0 saturated carbocycles. The van der Waals surface area contributed by atoms with Crippen LogP contribution < -0.4 is 10.6 Å². The molecule has 27 heavy (non-hydrogen) atoms. The predicted molar refractivity (Wildman–Crippen MR) is 100 cm³/mol. The number of thiazole rings is 1. The molecule has 0 unspecified atom stereocenters. The standard InChI is InChI=1S/C18H21F3N4OS/c1-12-11-27-16(23-12)24-17(26)25-7-5-13(6-8-25)10-22-15-4-2-3-14(9-15)18(19,20)21/h2-4,9,11,13,22H,5-8,10H2,1H3,(H,23,24,26). The lowest BCUT2D eigenvalue weighted by Gasteiger charge is -2.32. The molecule has 0 radical (unpaired) electrons. The number of anilines is 2. The number of amides is 2. The second-order valence-corrected chi connectivity index (χ2v) is 7.47. The SMILES string of the molecule is Cc1csc(NC(=O)N2CCC(CNc3cccc(C(F)(F)F)c3)CC2)n1. The molecule has 9 heteroatoms. The van der Waals surface area contributed by atoms with Crippen LogP contribution in [0.15, 0.2) is 29.6 Å². The van der Waals surface area contributed by atoms with E-state index < -0.39 is 11.7 Å². The Morgan fingerprint density at radius 2 is 2.07 bits per heavy atom. The number of nitrogens with zero attached hydrogens (tertiary/aromatic N) is 2. The number of rotatable bonds is 4. The summed E-state index contributed by atoms with van der Waals surface area (Å²) in [6.07, 6.45) is -2.74. The molecule has 3 rings (SSSR count). The first-order valence-electron chi connectivity index (χ1n) is 8.70. The summed E-state index contributed by atoms with van der Waals surface area (Å²) < 4.78 is 38.3. The molecule has 1 aromatic carbocycles. The minimum Gasteiger partial charge on any atom is -0.385 e. The summed E-state index contributed by atoms with van der Waals surface area (Å²) in [7, 11) is 0. The first-order chi connectivity index (χ1) is 12.8. The van der Waals surface area contributed by atoms with E-state index in [2.05, 4.69) is 15.6 Å². The van der Waals surface area contributed by atoms with E-state index in [9.17, 15) is 18.0 Å². The molecule has 2 amide bonds. The first-order valence-corrected chi connectivity index (χ1v) is 9.58. The summed E-state index contributed by atoms with van der Waals surface area (Å²) in [5, 5.41) is 8.35. The van der Waals surface area contributed by atoms with Gasteiger partial charge < -0.3 is 10.2 Å². The van der Waals surface area contributed by atoms with Crippen LogP contribution in [0.2, 0.25) is 0 Å². The fourth-order valence-electron chi connectivity index (χ4n) is 2.99. The normalized spacial score (nSPS) is 15.6. The highest BCUT2D eigenvalue weighted by Crippen LogP contribution is 2.31. The van der Waals surface area contributed by atoms with Gasteiger partial charge in [-0.3, -0.25) is 5.32 Å². The summed E-state index contributed by atoms with van der Waals surface area (Å²) in [6, 6.07) is 5.06. The highest BCUT2D eigenvalue weighted by molar-refractivity contribution is 7.13. The molecule has 1 aromatic heterocycles. The van der Waals surface area contributed by atoms with Crippen LogP contribution in [0.1, 0.15) is 24.1 Å². The van der Waals surface area contributed by atoms with Gasteiger partial charge in [0.1, 0.15) is 0 Å². The van der Waals surface area contributed by atoms with Crippen molar-refractivity contribution in [2.75, 3.05) is 30.3 Å². The molecule has 1 saturated heterocycles. The number of hydrogen-bond donors (Lipinski definition) is 2. The third-order valence-electron chi connectivity index (χ3n) is 4.52. The molecule has 0 bridgehead atoms. The lowest BCUT2D eigenvalue weighted by atomic mass is 9.97. The van der Waals surface area contributed by atoms with Crippen LogP contribution in [0.5, 0.6) is 0 Å². The van der Waals surface area contributed by atoms with Gasteiger partial charge in [-0.1, -0.05) is 6.07 Å². The smallest absolute Gasteiger partial charge is 0.385 e. The summed E-state index contributed by atoms with van der Waals surface area (Å²) in [5.41, 5.74) is 0.676. The number of urea groups is 1. The number of carbonyl (C=O) groups is 1. The summed E-state index contributed by atoms with van der Waals surface area (Å²) in [6.45, 7) is 3.69. The van der Waals surface area contributed by atoms with Gasteiger partial charge in [-0.2, -0.15) is 13.2 Å². The van der Waals surface area contributed by atoms with Gasteiger partial charge in [-0.15, -0.1) is 11.3 Å². The van der Waals surface area contributed by atoms with Crippen LogP contribution in [0.3, 0.4) is 0 Å². The van der Waals surface area contributed by atoms with Gasteiger partial charge >= 0.3 is 12.2 Å². The number of aromatic nitrogens is 1. The number of carbonyl (C=O) groups excluding carboxylic acids is 1. The number of halogens is 3. The Labute approximate surface area is 159 Å². The van der Waals surface area contributed by atoms with Crippen molar-refractivity contribution in [3.8, 4) is 0 Å². The van der Waals surface area contributed by atoms with Crippen molar-refractivity contribution < 1.29 is 18.0 Å². The maximum atomic E-state index is 12.8. The largest absolute Gasteiger partial charge is 0.416 e. The molecule has 0 spiro atoms. The molecule has 0 atom stereocenters. The molecule has 1 aliphatic heterocycles. The zero-order valence-corrected chi connectivity index (χ0v) is 15.7. The zero-order valence-electron chi connectivity index (χ0n) is 14.8. The van der Waals surface area contributed by atoms with Gasteiger partial charge in [-0.05, 0) is 43.9 Å². The van der Waals surface area contributed by atoms with Gasteiger partial charge in [0.25, 0.3) is 0 Å². The van der Waals surface area contributed by atoms with Crippen LogP contribution in [-0.2, 0) is 6.18 Å². The molecular formula is C18H21F3N4OS. The van der Waals surface area contributed by atoms with Gasteiger partial charge in [0.2, 0.25) is 0 Å². The number of alkyl halides is 3. The van der Waals surface area contributed by atoms with Crippen LogP contribution in [0.25, 0.3) is 0 Å². The van der Waals surface area contributed by atoms with Crippen molar-refractivity contribution in [2.24, 2.45) is 5.92 Å². The van der Waals surface area contributed by atoms with Gasteiger partial charge in [-0.25, -0.2) is 9.78 Å². The number of likely N-dealkylation sites (tertiary alicyclic amines) is 1. The number of hydrogen-bond acceptors (Lipinski definition) is 4. The first kappa shape index (κ1) is 19.5. The Kier molecular flexibility index (Phi) is 5.88. The molecule has 146 valence electrons. The molecule has 0 aliphatic carbocycles. The van der Waals surface area contributed by atoms with Gasteiger partial charge in [0.05, 0.1) is 11.3 Å². The quantitative estimate of drug-likeness (QED) is 0.776. The van der Waals surface area contributed by atoms with Crippen molar-refractivity contribution in [1.82, 2.24) is 9.88 Å². The third-order valence-corrected chi connectivity index (χ3v) is 5.39. The predicted octanol–water partition coefficient (Wildman–Crippen LogP) is 4.83. The Hall–Kier alpha value is -2.29. The summed E-state index contributed by atoms with van der Waals surface area (Å²) >= 11 is 1.39. The number of benzene rings is 1. The van der Waals surface area contributed by atoms with Crippen molar-refractivity contribution in [1.29, 1.82) is 0 Å². The van der Waals surface area contributed by atoms with Crippen molar-refractivity contribution in [3.63, 3.8) is 0 Å². The highest BCUT2D eigenvalue weighted by atomic mass is 32.1. The van der Waals surface area contributed by atoms with E-state index in [1.807, 2.05) is 12.3 Å². The molecule has 1 fully saturated rings. The lowest BCUT2D eigenvalue weighted by Crippen LogP contribution is -2.42. The Morgan fingerprint density at radius 3 is 2.70 bits per heavy atom. The second-order valence-electron chi connectivity index (χ2n) is 6.61. The number of nitrogens with one attached hydrogen (secondary N) is 2. The van der Waals surface area contributed by atoms with E-state index in [4.69, 9.17) is 0 Å². The van der Waals surface area contributed by atoms with Gasteiger partial charge in [0, 0.05) is 30.7 Å². The van der Waals surface area contributed by atoms with E-state index in [0.717, 1.165) is 30.7 Å². The minimum absolute atomic E-state index is 0.159. The molecule has 1 aliphatic rings.